The van der Waals surface area contributed by atoms with Gasteiger partial charge in [-0.2, -0.15) is 0 Å². The normalized spacial score (nSPS) is 15.0. The largest absolute Gasteiger partial charge is 0.507 e. The number of amides is 1. The van der Waals surface area contributed by atoms with Crippen molar-refractivity contribution in [2.45, 2.75) is 89.1 Å². The average molecular weight is 719 g/mol. The van der Waals surface area contributed by atoms with E-state index in [0.29, 0.717) is 23.7 Å². The quantitative estimate of drug-likeness (QED) is 0.100. The first-order valence-corrected chi connectivity index (χ1v) is 18.1. The van der Waals surface area contributed by atoms with Gasteiger partial charge in [-0.15, -0.1) is 0 Å². The minimum absolute atomic E-state index is 0.0936. The minimum Gasteiger partial charge on any atom is -0.507 e. The van der Waals surface area contributed by atoms with Crippen LogP contribution in [0.4, 0.5) is 5.69 Å². The molecule has 282 valence electrons. The van der Waals surface area contributed by atoms with Crippen LogP contribution in [0.5, 0.6) is 5.75 Å². The van der Waals surface area contributed by atoms with E-state index in [9.17, 15) is 24.9 Å². The van der Waals surface area contributed by atoms with Crippen LogP contribution >= 0.6 is 0 Å². The lowest BCUT2D eigenvalue weighted by atomic mass is 10.0. The number of hydrogen-bond acceptors (Lipinski definition) is 9. The third-order valence-corrected chi connectivity index (χ3v) is 9.23. The number of benzene rings is 3. The number of rotatable bonds is 16. The molecule has 0 spiro atoms. The van der Waals surface area contributed by atoms with E-state index in [1.165, 1.54) is 56.2 Å². The van der Waals surface area contributed by atoms with Crippen molar-refractivity contribution in [3.8, 4) is 17.6 Å². The zero-order valence-corrected chi connectivity index (χ0v) is 30.1. The number of nitrogens with one attached hydrogen (secondary N) is 1. The zero-order chi connectivity index (χ0) is 38.0. The second-order valence-corrected chi connectivity index (χ2v) is 13.2. The predicted molar refractivity (Wildman–Crippen MR) is 200 cm³/mol. The maximum atomic E-state index is 13.6. The molecule has 52 heavy (non-hydrogen) atoms. The summed E-state index contributed by atoms with van der Waals surface area (Å²) >= 11 is 0. The fraction of sp³-hybridized carbons (Fsp3) is 0.463. The number of phenols is 1. The molecule has 1 saturated carbocycles. The molecule has 1 aliphatic rings. The third kappa shape index (κ3) is 13.0. The highest BCUT2D eigenvalue weighted by atomic mass is 16.4. The number of hydrogen-bond donors (Lipinski definition) is 8. The Balaban J connectivity index is 0.000000478. The second-order valence-electron chi connectivity index (χ2n) is 13.2. The van der Waals surface area contributed by atoms with E-state index in [4.69, 9.17) is 20.4 Å². The topological polar surface area (TPSA) is 191 Å². The van der Waals surface area contributed by atoms with Crippen LogP contribution in [-0.4, -0.2) is 98.8 Å². The summed E-state index contributed by atoms with van der Waals surface area (Å²) in [5, 5.41) is 67.0. The Labute approximate surface area is 306 Å². The van der Waals surface area contributed by atoms with Crippen LogP contribution in [0.15, 0.2) is 66.7 Å². The highest BCUT2D eigenvalue weighted by Gasteiger charge is 2.29. The van der Waals surface area contributed by atoms with Crippen molar-refractivity contribution >= 4 is 17.6 Å². The minimum atomic E-state index is -1.55. The van der Waals surface area contributed by atoms with E-state index < -0.39 is 37.0 Å². The molecular formula is C41H54N2O9. The average Bonchev–Trinajstić information content (AvgIpc) is 3.68. The molecule has 0 saturated heterocycles. The molecule has 3 aromatic rings. The molecule has 8 N–H and O–H groups in total. The van der Waals surface area contributed by atoms with Crippen LogP contribution in [0.2, 0.25) is 0 Å². The molecule has 0 aliphatic heterocycles. The SMILES string of the molecule is CCCCc1ccc(C#Cc2ccc(C(=O)N(CCCC3CCCC3)c3ccc(C(=O)O)c(O)c3)cc2)cc1.CNC[C@H](O)[C@@H](O)[C@H](O)[C@H](O)CO. The fourth-order valence-electron chi connectivity index (χ4n) is 6.08. The van der Waals surface area contributed by atoms with E-state index in [2.05, 4.69) is 36.2 Å². The lowest BCUT2D eigenvalue weighted by molar-refractivity contribution is -0.113. The molecule has 1 fully saturated rings. The number of aromatic carboxylic acids is 1. The predicted octanol–water partition coefficient (Wildman–Crippen LogP) is 4.09. The highest BCUT2D eigenvalue weighted by molar-refractivity contribution is 6.06. The summed E-state index contributed by atoms with van der Waals surface area (Å²) in [5.74, 6) is 5.33. The number of aromatic hydroxyl groups is 1. The molecule has 4 atom stereocenters. The van der Waals surface area contributed by atoms with Gasteiger partial charge in [0.05, 0.1) is 12.7 Å². The number of likely N-dealkylation sites (N-methyl/N-ethyl adjacent to an activating group) is 1. The molecule has 4 rings (SSSR count). The lowest BCUT2D eigenvalue weighted by Gasteiger charge is -2.25. The number of carboxylic acids is 1. The molecule has 1 amide bonds. The van der Waals surface area contributed by atoms with Crippen LogP contribution in [0.25, 0.3) is 0 Å². The van der Waals surface area contributed by atoms with E-state index in [1.54, 1.807) is 30.1 Å². The number of carbonyl (C=O) groups excluding carboxylic acids is 1. The van der Waals surface area contributed by atoms with Gasteiger partial charge in [0.2, 0.25) is 0 Å². The van der Waals surface area contributed by atoms with E-state index in [0.717, 1.165) is 30.4 Å². The Bertz CT molecular complexity index is 1600. The van der Waals surface area contributed by atoms with E-state index >= 15 is 0 Å². The van der Waals surface area contributed by atoms with Gasteiger partial charge in [0.15, 0.2) is 0 Å². The van der Waals surface area contributed by atoms with Gasteiger partial charge in [-0.3, -0.25) is 4.79 Å². The fourth-order valence-corrected chi connectivity index (χ4v) is 6.08. The summed E-state index contributed by atoms with van der Waals surface area (Å²) in [4.78, 5) is 26.6. The van der Waals surface area contributed by atoms with E-state index in [1.807, 2.05) is 24.3 Å². The van der Waals surface area contributed by atoms with Crippen LogP contribution in [0, 0.1) is 17.8 Å². The summed E-state index contributed by atoms with van der Waals surface area (Å²) in [7, 11) is 1.57. The molecule has 11 nitrogen and oxygen atoms in total. The van der Waals surface area contributed by atoms with Crippen molar-refractivity contribution in [1.82, 2.24) is 5.32 Å². The van der Waals surface area contributed by atoms with Gasteiger partial charge in [0.1, 0.15) is 29.6 Å². The number of carbonyl (C=O) groups is 2. The standard InChI is InChI=1S/C34H37NO4.C7H17NO5/c1-2-3-7-26-11-13-27(14-12-26)15-16-28-17-19-29(20-18-28)33(37)35(23-6-10-25-8-4-5-9-25)30-21-22-31(34(38)39)32(36)24-30;1-8-2-4(10)6(12)7(13)5(11)3-9/h11-14,17-22,24-25,36H,2-10,23H2,1H3,(H,38,39);4-13H,2-3H2,1H3/t;4-,5+,6+,7+/m.0/s1. The number of unbranched alkanes of at least 4 members (excludes halogenated alkanes) is 1. The number of anilines is 1. The van der Waals surface area contributed by atoms with Crippen LogP contribution in [0.3, 0.4) is 0 Å². The summed E-state index contributed by atoms with van der Waals surface area (Å²) < 4.78 is 0. The Morgan fingerprint density at radius 2 is 1.46 bits per heavy atom. The van der Waals surface area contributed by atoms with Crippen LogP contribution in [-0.2, 0) is 6.42 Å². The highest BCUT2D eigenvalue weighted by Crippen LogP contribution is 2.30. The Kier molecular flexibility index (Phi) is 17.8. The maximum Gasteiger partial charge on any atom is 0.339 e. The number of nitrogens with zero attached hydrogens (tertiary/aromatic N) is 1. The van der Waals surface area contributed by atoms with Gasteiger partial charge < -0.3 is 46.0 Å². The van der Waals surface area contributed by atoms with Crippen molar-refractivity contribution in [1.29, 1.82) is 0 Å². The van der Waals surface area contributed by atoms with Gasteiger partial charge in [-0.05, 0) is 92.7 Å². The van der Waals surface area contributed by atoms with Crippen molar-refractivity contribution in [3.05, 3.63) is 94.5 Å². The molecule has 1 aliphatic carbocycles. The van der Waals surface area contributed by atoms with Crippen LogP contribution in [0.1, 0.15) is 95.7 Å². The second kappa shape index (κ2) is 21.9. The van der Waals surface area contributed by atoms with Gasteiger partial charge in [-0.25, -0.2) is 4.79 Å². The summed E-state index contributed by atoms with van der Waals surface area (Å²) in [6.07, 6.45) is 4.73. The van der Waals surface area contributed by atoms with Crippen LogP contribution < -0.4 is 10.2 Å². The molecule has 0 aromatic heterocycles. The number of aryl methyl sites for hydroxylation is 1. The van der Waals surface area contributed by atoms with Gasteiger partial charge in [0.25, 0.3) is 5.91 Å². The molecule has 0 bridgehead atoms. The van der Waals surface area contributed by atoms with Crippen molar-refractivity contribution in [3.63, 3.8) is 0 Å². The Morgan fingerprint density at radius 1 is 0.865 bits per heavy atom. The molecule has 0 radical (unpaired) electrons. The summed E-state index contributed by atoms with van der Waals surface area (Å²) in [6.45, 7) is 2.12. The maximum absolute atomic E-state index is 13.6. The number of aliphatic hydroxyl groups excluding tert-OH is 5. The van der Waals surface area contributed by atoms with Gasteiger partial charge in [0, 0.05) is 41.5 Å². The first-order valence-electron chi connectivity index (χ1n) is 18.1. The first-order chi connectivity index (χ1) is 25.0. The van der Waals surface area contributed by atoms with Crippen molar-refractivity contribution in [2.75, 3.05) is 31.6 Å². The molecule has 0 heterocycles. The summed E-state index contributed by atoms with van der Waals surface area (Å²) in [6, 6.07) is 19.9. The zero-order valence-electron chi connectivity index (χ0n) is 30.1. The first kappa shape index (κ1) is 42.1. The van der Waals surface area contributed by atoms with Crippen molar-refractivity contribution in [2.24, 2.45) is 5.92 Å². The Hall–Kier alpha value is -4.28. The van der Waals surface area contributed by atoms with E-state index in [-0.39, 0.29) is 23.8 Å². The van der Waals surface area contributed by atoms with Gasteiger partial charge >= 0.3 is 5.97 Å². The molecule has 3 aromatic carbocycles. The smallest absolute Gasteiger partial charge is 0.339 e. The lowest BCUT2D eigenvalue weighted by Crippen LogP contribution is -2.48. The third-order valence-electron chi connectivity index (χ3n) is 9.23. The Morgan fingerprint density at radius 3 is 2.00 bits per heavy atom. The van der Waals surface area contributed by atoms with Gasteiger partial charge in [-0.1, -0.05) is 63.0 Å². The van der Waals surface area contributed by atoms with Crippen molar-refractivity contribution < 1.29 is 45.3 Å². The summed E-state index contributed by atoms with van der Waals surface area (Å²) in [5.41, 5.74) is 3.91. The number of carboxylic acid groups (broad SMARTS) is 1. The molecule has 0 unspecified atom stereocenters. The molecule has 11 heteroatoms. The number of aliphatic hydroxyl groups is 5. The monoisotopic (exact) mass is 718 g/mol. The molecular weight excluding hydrogens is 664 g/mol.